The van der Waals surface area contributed by atoms with Crippen molar-refractivity contribution in [1.82, 2.24) is 0 Å². The van der Waals surface area contributed by atoms with E-state index in [2.05, 4.69) is 11.8 Å². The van der Waals surface area contributed by atoms with E-state index in [-0.39, 0.29) is 13.0 Å². The van der Waals surface area contributed by atoms with Crippen molar-refractivity contribution < 1.29 is 14.6 Å². The number of fused-ring (bicyclic) bond motifs is 1. The first kappa shape index (κ1) is 12.8. The van der Waals surface area contributed by atoms with Gasteiger partial charge in [-0.05, 0) is 18.4 Å². The summed E-state index contributed by atoms with van der Waals surface area (Å²) in [6.45, 7) is 1.44. The van der Waals surface area contributed by atoms with Crippen LogP contribution in [0.5, 0.6) is 0 Å². The van der Waals surface area contributed by atoms with Crippen LogP contribution < -0.4 is 5.63 Å². The number of aliphatic hydroxyl groups is 2. The van der Waals surface area contributed by atoms with Crippen molar-refractivity contribution in [2.75, 3.05) is 6.61 Å². The van der Waals surface area contributed by atoms with E-state index in [0.717, 1.165) is 0 Å². The predicted molar refractivity (Wildman–Crippen MR) is 69.7 cm³/mol. The van der Waals surface area contributed by atoms with Gasteiger partial charge in [-0.2, -0.15) is 0 Å². The fourth-order valence-corrected chi connectivity index (χ4v) is 2.39. The van der Waals surface area contributed by atoms with Crippen molar-refractivity contribution in [3.8, 4) is 11.8 Å². The maximum atomic E-state index is 11.7. The lowest BCUT2D eigenvalue weighted by atomic mass is 10.1. The molecule has 0 fully saturated rings. The van der Waals surface area contributed by atoms with E-state index in [1.54, 1.807) is 18.4 Å². The first-order valence-electron chi connectivity index (χ1n) is 5.47. The highest BCUT2D eigenvalue weighted by Gasteiger charge is 2.13. The predicted octanol–water partition coefficient (Wildman–Crippen LogP) is 1.12. The van der Waals surface area contributed by atoms with Gasteiger partial charge in [0.15, 0.2) is 0 Å². The van der Waals surface area contributed by atoms with Gasteiger partial charge in [0, 0.05) is 11.8 Å². The molecule has 0 saturated heterocycles. The molecule has 0 aliphatic heterocycles. The third kappa shape index (κ3) is 2.46. The first-order valence-corrected chi connectivity index (χ1v) is 6.35. The van der Waals surface area contributed by atoms with Crippen molar-refractivity contribution >= 4 is 21.4 Å². The Bertz CT molecular complexity index is 670. The normalized spacial score (nSPS) is 12.2. The molecular formula is C13H12O4S. The third-order valence-electron chi connectivity index (χ3n) is 2.36. The van der Waals surface area contributed by atoms with Gasteiger partial charge in [-0.3, -0.25) is 0 Å². The maximum absolute atomic E-state index is 11.7. The lowest BCUT2D eigenvalue weighted by molar-refractivity contribution is 0.253. The van der Waals surface area contributed by atoms with Gasteiger partial charge in [-0.15, -0.1) is 11.3 Å². The minimum Gasteiger partial charge on any atom is -0.425 e. The largest absolute Gasteiger partial charge is 0.425 e. The molecule has 2 rings (SSSR count). The molecule has 1 atom stereocenters. The number of aliphatic hydroxyl groups excluding tert-OH is 2. The summed E-state index contributed by atoms with van der Waals surface area (Å²) < 4.78 is 5.67. The fourth-order valence-electron chi connectivity index (χ4n) is 1.61. The van der Waals surface area contributed by atoms with E-state index in [0.29, 0.717) is 21.4 Å². The molecule has 0 aliphatic carbocycles. The minimum atomic E-state index is -0.757. The van der Waals surface area contributed by atoms with E-state index < -0.39 is 11.7 Å². The number of thiophene rings is 1. The lowest BCUT2D eigenvalue weighted by Gasteiger charge is -2.02. The molecule has 5 heteroatoms. The number of hydrogen-bond donors (Lipinski definition) is 2. The van der Waals surface area contributed by atoms with E-state index in [9.17, 15) is 9.90 Å². The molecule has 0 amide bonds. The molecule has 4 nitrogen and oxygen atoms in total. The summed E-state index contributed by atoms with van der Waals surface area (Å²) in [5, 5.41) is 20.7. The quantitative estimate of drug-likeness (QED) is 0.797. The zero-order chi connectivity index (χ0) is 13.1. The molecule has 94 valence electrons. The Balaban J connectivity index is 2.70. The Morgan fingerprint density at radius 3 is 3.00 bits per heavy atom. The molecule has 2 aromatic rings. The van der Waals surface area contributed by atoms with Gasteiger partial charge < -0.3 is 14.6 Å². The van der Waals surface area contributed by atoms with Gasteiger partial charge in [0.2, 0.25) is 0 Å². The molecule has 1 unspecified atom stereocenters. The summed E-state index contributed by atoms with van der Waals surface area (Å²) >= 11 is 1.29. The van der Waals surface area contributed by atoms with E-state index >= 15 is 0 Å². The van der Waals surface area contributed by atoms with E-state index in [1.807, 2.05) is 0 Å². The summed E-state index contributed by atoms with van der Waals surface area (Å²) in [5.41, 5.74) is 0.159. The average molecular weight is 264 g/mol. The first-order chi connectivity index (χ1) is 8.63. The Labute approximate surface area is 107 Å². The maximum Gasteiger partial charge on any atom is 0.354 e. The smallest absolute Gasteiger partial charge is 0.354 e. The highest BCUT2D eigenvalue weighted by atomic mass is 32.1. The van der Waals surface area contributed by atoms with Gasteiger partial charge in [0.05, 0.1) is 12.2 Å². The van der Waals surface area contributed by atoms with Crippen molar-refractivity contribution in [2.24, 2.45) is 0 Å². The van der Waals surface area contributed by atoms with Crippen LogP contribution in [-0.2, 0) is 6.42 Å². The standard InChI is InChI=1S/C13H12O4S/c1-8(15)2-3-9-10-5-7-18-12(10)13(16)17-11(9)4-6-14/h5,7-8,14-15H,4,6H2,1H3. The Morgan fingerprint density at radius 1 is 1.56 bits per heavy atom. The molecule has 2 heterocycles. The van der Waals surface area contributed by atoms with Crippen LogP contribution in [0.2, 0.25) is 0 Å². The summed E-state index contributed by atoms with van der Waals surface area (Å²) in [6, 6.07) is 1.80. The molecular weight excluding hydrogens is 252 g/mol. The topological polar surface area (TPSA) is 70.7 Å². The second kappa shape index (κ2) is 5.36. The summed E-state index contributed by atoms with van der Waals surface area (Å²) in [4.78, 5) is 11.7. The van der Waals surface area contributed by atoms with Crippen LogP contribution in [0.15, 0.2) is 20.7 Å². The zero-order valence-corrected chi connectivity index (χ0v) is 10.6. The van der Waals surface area contributed by atoms with Crippen LogP contribution in [0.3, 0.4) is 0 Å². The summed E-state index contributed by atoms with van der Waals surface area (Å²) in [6.07, 6.45) is -0.530. The van der Waals surface area contributed by atoms with Crippen LogP contribution in [0.25, 0.3) is 10.1 Å². The highest BCUT2D eigenvalue weighted by Crippen LogP contribution is 2.23. The van der Waals surface area contributed by atoms with Gasteiger partial charge in [0.25, 0.3) is 0 Å². The average Bonchev–Trinajstić information content (AvgIpc) is 2.78. The molecule has 0 bridgehead atoms. The summed E-state index contributed by atoms with van der Waals surface area (Å²) in [7, 11) is 0. The molecule has 0 radical (unpaired) electrons. The second-order valence-corrected chi connectivity index (χ2v) is 4.69. The van der Waals surface area contributed by atoms with Gasteiger partial charge in [-0.25, -0.2) is 4.79 Å². The van der Waals surface area contributed by atoms with Gasteiger partial charge in [0.1, 0.15) is 16.6 Å². The lowest BCUT2D eigenvalue weighted by Crippen LogP contribution is -2.05. The molecule has 0 spiro atoms. The van der Waals surface area contributed by atoms with Crippen LogP contribution in [-0.4, -0.2) is 22.9 Å². The molecule has 18 heavy (non-hydrogen) atoms. The van der Waals surface area contributed by atoms with Gasteiger partial charge in [-0.1, -0.05) is 11.8 Å². The third-order valence-corrected chi connectivity index (χ3v) is 3.25. The summed E-state index contributed by atoms with van der Waals surface area (Å²) in [5.74, 6) is 5.81. The molecule has 2 aromatic heterocycles. The zero-order valence-electron chi connectivity index (χ0n) is 9.77. The van der Waals surface area contributed by atoms with Crippen molar-refractivity contribution in [1.29, 1.82) is 0 Å². The van der Waals surface area contributed by atoms with Crippen LogP contribution >= 0.6 is 11.3 Å². The van der Waals surface area contributed by atoms with E-state index in [1.165, 1.54) is 11.3 Å². The van der Waals surface area contributed by atoms with Crippen molar-refractivity contribution in [3.05, 3.63) is 33.2 Å². The molecule has 2 N–H and O–H groups in total. The SMILES string of the molecule is CC(O)C#Cc1c(CCO)oc(=O)c2sccc12. The molecule has 0 saturated carbocycles. The van der Waals surface area contributed by atoms with Crippen LogP contribution in [0.1, 0.15) is 18.2 Å². The van der Waals surface area contributed by atoms with Crippen molar-refractivity contribution in [2.45, 2.75) is 19.4 Å². The van der Waals surface area contributed by atoms with Crippen LogP contribution in [0, 0.1) is 11.8 Å². The highest BCUT2D eigenvalue weighted by molar-refractivity contribution is 7.17. The fraction of sp³-hybridized carbons (Fsp3) is 0.308. The van der Waals surface area contributed by atoms with Crippen molar-refractivity contribution in [3.63, 3.8) is 0 Å². The molecule has 0 aliphatic rings. The van der Waals surface area contributed by atoms with E-state index in [4.69, 9.17) is 9.52 Å². The van der Waals surface area contributed by atoms with Gasteiger partial charge >= 0.3 is 5.63 Å². The number of hydrogen-bond acceptors (Lipinski definition) is 5. The molecule has 0 aromatic carbocycles. The number of rotatable bonds is 2. The Kier molecular flexibility index (Phi) is 3.82. The monoisotopic (exact) mass is 264 g/mol. The second-order valence-electron chi connectivity index (χ2n) is 3.77. The minimum absolute atomic E-state index is 0.123. The Morgan fingerprint density at radius 2 is 2.33 bits per heavy atom. The van der Waals surface area contributed by atoms with Crippen LogP contribution in [0.4, 0.5) is 0 Å². The Hall–Kier alpha value is -1.61.